The molecule has 104 valence electrons. The molecule has 0 amide bonds. The maximum atomic E-state index is 13.4. The maximum Gasteiger partial charge on any atom is 0.310 e. The quantitative estimate of drug-likeness (QED) is 0.781. The Balaban J connectivity index is 2.23. The number of hydrogen-bond donors (Lipinski definition) is 2. The van der Waals surface area contributed by atoms with Gasteiger partial charge >= 0.3 is 5.97 Å². The van der Waals surface area contributed by atoms with Gasteiger partial charge < -0.3 is 9.84 Å². The Hall–Kier alpha value is -1.58. The Bertz CT molecular complexity index is 591. The van der Waals surface area contributed by atoms with Crippen molar-refractivity contribution in [3.05, 3.63) is 24.1 Å². The molecule has 2 heterocycles. The molecule has 1 aromatic heterocycles. The molecule has 0 spiro atoms. The minimum Gasteiger partial charge on any atom is -0.481 e. The average molecular weight is 290 g/mol. The predicted octanol–water partition coefficient (Wildman–Crippen LogP) is -0.401. The molecule has 1 aliphatic rings. The van der Waals surface area contributed by atoms with Gasteiger partial charge in [0.2, 0.25) is 5.03 Å². The van der Waals surface area contributed by atoms with E-state index in [1.807, 2.05) is 0 Å². The first-order valence-electron chi connectivity index (χ1n) is 5.35. The average Bonchev–Trinajstić information content (AvgIpc) is 2.76. The number of carbonyl (C=O) groups is 1. The molecule has 0 saturated carbocycles. The van der Waals surface area contributed by atoms with Gasteiger partial charge in [-0.15, -0.1) is 0 Å². The van der Waals surface area contributed by atoms with E-state index >= 15 is 0 Å². The molecule has 0 radical (unpaired) electrons. The number of ether oxygens (including phenoxy) is 1. The van der Waals surface area contributed by atoms with Gasteiger partial charge in [-0.05, 0) is 12.1 Å². The van der Waals surface area contributed by atoms with Crippen LogP contribution in [0.4, 0.5) is 4.39 Å². The summed E-state index contributed by atoms with van der Waals surface area (Å²) in [7, 11) is -4.22. The van der Waals surface area contributed by atoms with Gasteiger partial charge in [-0.3, -0.25) is 4.79 Å². The van der Waals surface area contributed by atoms with Gasteiger partial charge in [-0.2, -0.15) is 0 Å². The molecular formula is C10H11FN2O5S. The highest BCUT2D eigenvalue weighted by atomic mass is 32.2. The van der Waals surface area contributed by atoms with Crippen LogP contribution in [0.25, 0.3) is 0 Å². The molecule has 1 aliphatic heterocycles. The van der Waals surface area contributed by atoms with Crippen molar-refractivity contribution >= 4 is 16.0 Å². The van der Waals surface area contributed by atoms with E-state index in [-0.39, 0.29) is 13.2 Å². The second-order valence-electron chi connectivity index (χ2n) is 4.00. The zero-order chi connectivity index (χ0) is 14.0. The monoisotopic (exact) mass is 290 g/mol. The predicted molar refractivity (Wildman–Crippen MR) is 60.2 cm³/mol. The fraction of sp³-hybridized carbons (Fsp3) is 0.400. The van der Waals surface area contributed by atoms with E-state index in [1.165, 1.54) is 6.07 Å². The molecule has 2 rings (SSSR count). The Kier molecular flexibility index (Phi) is 3.78. The van der Waals surface area contributed by atoms with Crippen molar-refractivity contribution in [1.29, 1.82) is 0 Å². The van der Waals surface area contributed by atoms with Crippen LogP contribution in [0.2, 0.25) is 0 Å². The number of aliphatic carboxylic acids is 1. The van der Waals surface area contributed by atoms with Crippen LogP contribution in [-0.4, -0.2) is 43.7 Å². The van der Waals surface area contributed by atoms with Gasteiger partial charge in [0.25, 0.3) is 10.0 Å². The number of carboxylic acid groups (broad SMARTS) is 1. The maximum absolute atomic E-state index is 13.4. The molecule has 1 aromatic rings. The molecule has 9 heteroatoms. The number of nitrogens with one attached hydrogen (secondary N) is 1. The molecule has 19 heavy (non-hydrogen) atoms. The van der Waals surface area contributed by atoms with Gasteiger partial charge in [-0.25, -0.2) is 22.5 Å². The van der Waals surface area contributed by atoms with Crippen molar-refractivity contribution < 1.29 is 27.4 Å². The molecule has 2 N–H and O–H groups in total. The van der Waals surface area contributed by atoms with Crippen LogP contribution in [0, 0.1) is 11.7 Å². The Morgan fingerprint density at radius 3 is 2.89 bits per heavy atom. The molecule has 0 aromatic carbocycles. The van der Waals surface area contributed by atoms with Crippen LogP contribution in [0.15, 0.2) is 23.4 Å². The molecule has 2 atom stereocenters. The van der Waals surface area contributed by atoms with Crippen molar-refractivity contribution in [3.63, 3.8) is 0 Å². The lowest BCUT2D eigenvalue weighted by molar-refractivity contribution is -0.142. The van der Waals surface area contributed by atoms with E-state index in [0.29, 0.717) is 0 Å². The van der Waals surface area contributed by atoms with Gasteiger partial charge in [-0.1, -0.05) is 0 Å². The highest BCUT2D eigenvalue weighted by Crippen LogP contribution is 2.17. The lowest BCUT2D eigenvalue weighted by atomic mass is 10.1. The van der Waals surface area contributed by atoms with E-state index in [2.05, 4.69) is 9.71 Å². The largest absolute Gasteiger partial charge is 0.481 e. The third-order valence-electron chi connectivity index (χ3n) is 2.68. The summed E-state index contributed by atoms with van der Waals surface area (Å²) in [5.74, 6) is -3.17. The van der Waals surface area contributed by atoms with Crippen molar-refractivity contribution in [1.82, 2.24) is 9.71 Å². The zero-order valence-electron chi connectivity index (χ0n) is 9.61. The van der Waals surface area contributed by atoms with Crippen LogP contribution >= 0.6 is 0 Å². The minimum atomic E-state index is -4.22. The first kappa shape index (κ1) is 13.8. The molecule has 0 aliphatic carbocycles. The van der Waals surface area contributed by atoms with Gasteiger partial charge in [0.15, 0.2) is 5.82 Å². The van der Waals surface area contributed by atoms with Gasteiger partial charge in [0, 0.05) is 6.20 Å². The molecule has 1 saturated heterocycles. The SMILES string of the molecule is O=C(O)C1COCC1NS(=O)(=O)c1ncccc1F. The van der Waals surface area contributed by atoms with E-state index in [4.69, 9.17) is 9.84 Å². The van der Waals surface area contributed by atoms with Gasteiger partial charge in [0.1, 0.15) is 0 Å². The first-order chi connectivity index (χ1) is 8.92. The van der Waals surface area contributed by atoms with Crippen molar-refractivity contribution in [2.75, 3.05) is 13.2 Å². The summed E-state index contributed by atoms with van der Waals surface area (Å²) in [6, 6.07) is 1.28. The molecule has 0 bridgehead atoms. The summed E-state index contributed by atoms with van der Waals surface area (Å²) >= 11 is 0. The van der Waals surface area contributed by atoms with E-state index in [1.54, 1.807) is 0 Å². The summed E-state index contributed by atoms with van der Waals surface area (Å²) in [5.41, 5.74) is 0. The number of rotatable bonds is 4. The Labute approximate surface area is 108 Å². The van der Waals surface area contributed by atoms with Crippen molar-refractivity contribution in [2.45, 2.75) is 11.1 Å². The second-order valence-corrected chi connectivity index (χ2v) is 5.63. The van der Waals surface area contributed by atoms with Crippen LogP contribution in [0.1, 0.15) is 0 Å². The summed E-state index contributed by atoms with van der Waals surface area (Å²) in [6.45, 7) is -0.169. The van der Waals surface area contributed by atoms with E-state index in [0.717, 1.165) is 12.3 Å². The molecular weight excluding hydrogens is 279 g/mol. The third kappa shape index (κ3) is 2.88. The topological polar surface area (TPSA) is 106 Å². The number of carboxylic acids is 1. The summed E-state index contributed by atoms with van der Waals surface area (Å²) in [4.78, 5) is 14.3. The van der Waals surface area contributed by atoms with Crippen LogP contribution in [0.5, 0.6) is 0 Å². The number of halogens is 1. The molecule has 1 fully saturated rings. The van der Waals surface area contributed by atoms with Crippen molar-refractivity contribution in [3.8, 4) is 0 Å². The van der Waals surface area contributed by atoms with E-state index < -0.39 is 38.8 Å². The second kappa shape index (κ2) is 5.19. The summed E-state index contributed by atoms with van der Waals surface area (Å²) in [5, 5.41) is 8.14. The highest BCUT2D eigenvalue weighted by molar-refractivity contribution is 7.89. The molecule has 7 nitrogen and oxygen atoms in total. The van der Waals surface area contributed by atoms with Crippen LogP contribution < -0.4 is 4.72 Å². The van der Waals surface area contributed by atoms with Crippen molar-refractivity contribution in [2.24, 2.45) is 5.92 Å². The normalized spacial score (nSPS) is 23.4. The Morgan fingerprint density at radius 2 is 2.26 bits per heavy atom. The molecule has 2 unspecified atom stereocenters. The first-order valence-corrected chi connectivity index (χ1v) is 6.83. The number of nitrogens with zero attached hydrogens (tertiary/aromatic N) is 1. The minimum absolute atomic E-state index is 0.0787. The Morgan fingerprint density at radius 1 is 1.53 bits per heavy atom. The van der Waals surface area contributed by atoms with E-state index in [9.17, 15) is 17.6 Å². The van der Waals surface area contributed by atoms with Gasteiger partial charge in [0.05, 0.1) is 25.2 Å². The zero-order valence-corrected chi connectivity index (χ0v) is 10.4. The fourth-order valence-corrected chi connectivity index (χ4v) is 3.00. The standard InChI is InChI=1S/C10H11FN2O5S/c11-7-2-1-3-12-9(7)19(16,17)13-8-5-18-4-6(8)10(14)15/h1-3,6,8,13H,4-5H2,(H,14,15). The number of sulfonamides is 1. The van der Waals surface area contributed by atoms with Crippen LogP contribution in [0.3, 0.4) is 0 Å². The summed E-state index contributed by atoms with van der Waals surface area (Å²) < 4.78 is 44.2. The number of aromatic nitrogens is 1. The smallest absolute Gasteiger partial charge is 0.310 e. The third-order valence-corrected chi connectivity index (χ3v) is 4.11. The lowest BCUT2D eigenvalue weighted by Crippen LogP contribution is -2.43. The number of hydrogen-bond acceptors (Lipinski definition) is 5. The number of pyridine rings is 1. The summed E-state index contributed by atoms with van der Waals surface area (Å²) in [6.07, 6.45) is 1.14. The highest BCUT2D eigenvalue weighted by Gasteiger charge is 2.37. The lowest BCUT2D eigenvalue weighted by Gasteiger charge is -2.15. The fourth-order valence-electron chi connectivity index (χ4n) is 1.74. The van der Waals surface area contributed by atoms with Crippen LogP contribution in [-0.2, 0) is 19.6 Å².